The lowest BCUT2D eigenvalue weighted by Crippen LogP contribution is -2.69. The number of nitrogens with one attached hydrogen (secondary N) is 1. The van der Waals surface area contributed by atoms with Gasteiger partial charge in [0.2, 0.25) is 0 Å². The highest BCUT2D eigenvalue weighted by molar-refractivity contribution is 7.22. The third-order valence-electron chi connectivity index (χ3n) is 4.30. The second kappa shape index (κ2) is 5.62. The molecule has 1 aromatic carbocycles. The number of benzene rings is 1. The molecule has 0 saturated carbocycles. The van der Waals surface area contributed by atoms with Crippen LogP contribution < -0.4 is 10.1 Å². The number of hydrogen-bond acceptors (Lipinski definition) is 5. The van der Waals surface area contributed by atoms with Gasteiger partial charge in [0.25, 0.3) is 5.91 Å². The predicted octanol–water partition coefficient (Wildman–Crippen LogP) is 3.29. The van der Waals surface area contributed by atoms with Crippen molar-refractivity contribution >= 4 is 56.6 Å². The van der Waals surface area contributed by atoms with E-state index in [1.54, 1.807) is 0 Å². The van der Waals surface area contributed by atoms with Crippen molar-refractivity contribution < 1.29 is 23.5 Å². The molecule has 0 aliphatic carbocycles. The van der Waals surface area contributed by atoms with Crippen molar-refractivity contribution in [1.82, 2.24) is 10.2 Å². The van der Waals surface area contributed by atoms with Crippen LogP contribution in [-0.4, -0.2) is 49.2 Å². The van der Waals surface area contributed by atoms with E-state index in [1.807, 2.05) is 0 Å². The summed E-state index contributed by atoms with van der Waals surface area (Å²) in [5, 5.41) is 3.04. The summed E-state index contributed by atoms with van der Waals surface area (Å²) >= 11 is 13.5. The van der Waals surface area contributed by atoms with Crippen LogP contribution in [0.3, 0.4) is 0 Å². The van der Waals surface area contributed by atoms with Gasteiger partial charge in [-0.25, -0.2) is 9.18 Å². The first-order valence-electron chi connectivity index (χ1n) is 7.23. The van der Waals surface area contributed by atoms with E-state index in [1.165, 1.54) is 12.0 Å². The number of thiophene rings is 1. The molecule has 1 aromatic heterocycles. The van der Waals surface area contributed by atoms with E-state index in [-0.39, 0.29) is 38.6 Å². The molecule has 2 saturated heterocycles. The first kappa shape index (κ1) is 16.7. The van der Waals surface area contributed by atoms with Crippen molar-refractivity contribution in [2.75, 3.05) is 26.8 Å². The lowest BCUT2D eigenvalue weighted by atomic mass is 9.91. The van der Waals surface area contributed by atoms with Gasteiger partial charge in [-0.15, -0.1) is 11.3 Å². The summed E-state index contributed by atoms with van der Waals surface area (Å²) < 4.78 is 24.6. The van der Waals surface area contributed by atoms with Crippen molar-refractivity contribution in [2.24, 2.45) is 0 Å². The second-order valence-corrected chi connectivity index (χ2v) is 7.74. The lowest BCUT2D eigenvalue weighted by Gasteiger charge is -2.45. The number of alkyl carbamates (subject to hydrolysis) is 1. The van der Waals surface area contributed by atoms with Gasteiger partial charge in [-0.2, -0.15) is 0 Å². The predicted molar refractivity (Wildman–Crippen MR) is 91.5 cm³/mol. The van der Waals surface area contributed by atoms with Crippen molar-refractivity contribution in [3.63, 3.8) is 0 Å². The van der Waals surface area contributed by atoms with E-state index >= 15 is 0 Å². The Morgan fingerprint density at radius 2 is 2.16 bits per heavy atom. The number of halogens is 3. The van der Waals surface area contributed by atoms with Crippen LogP contribution in [0.1, 0.15) is 9.67 Å². The molecular formula is C15H11Cl2FN2O4S. The molecular weight excluding hydrogens is 394 g/mol. The number of rotatable bonds is 2. The van der Waals surface area contributed by atoms with E-state index in [4.69, 9.17) is 32.7 Å². The third-order valence-corrected chi connectivity index (χ3v) is 6.47. The van der Waals surface area contributed by atoms with Crippen molar-refractivity contribution in [2.45, 2.75) is 5.54 Å². The van der Waals surface area contributed by atoms with Gasteiger partial charge in [0.05, 0.1) is 16.8 Å². The number of likely N-dealkylation sites (tertiary alicyclic amines) is 1. The average molecular weight is 405 g/mol. The number of methoxy groups -OCH3 is 1. The van der Waals surface area contributed by atoms with E-state index in [0.29, 0.717) is 17.8 Å². The molecule has 1 N–H and O–H groups in total. The maximum Gasteiger partial charge on any atom is 0.407 e. The Kier molecular flexibility index (Phi) is 3.75. The SMILES string of the molecule is COc1cc(F)c2c(Cl)c(C(=O)N3CC4(COC(=O)N4)C3)sc2c1Cl. The normalized spacial score (nSPS) is 18.2. The zero-order valence-electron chi connectivity index (χ0n) is 12.8. The van der Waals surface area contributed by atoms with Gasteiger partial charge in [-0.1, -0.05) is 23.2 Å². The number of fused-ring (bicyclic) bond motifs is 1. The van der Waals surface area contributed by atoms with E-state index in [9.17, 15) is 14.0 Å². The van der Waals surface area contributed by atoms with Crippen LogP contribution in [0.5, 0.6) is 5.75 Å². The third kappa shape index (κ3) is 2.43. The van der Waals surface area contributed by atoms with E-state index in [0.717, 1.165) is 17.4 Å². The molecule has 4 rings (SSSR count). The summed E-state index contributed by atoms with van der Waals surface area (Å²) in [6.45, 7) is 0.830. The van der Waals surface area contributed by atoms with Gasteiger partial charge in [-0.05, 0) is 0 Å². The molecule has 0 radical (unpaired) electrons. The molecule has 2 aromatic rings. The molecule has 25 heavy (non-hydrogen) atoms. The van der Waals surface area contributed by atoms with E-state index in [2.05, 4.69) is 5.32 Å². The van der Waals surface area contributed by atoms with Crippen LogP contribution in [0.2, 0.25) is 10.0 Å². The Morgan fingerprint density at radius 3 is 2.76 bits per heavy atom. The standard InChI is InChI=1S/C15H11Cl2FN2O4S/c1-23-7-2-6(18)8-10(17)12(25-11(8)9(7)16)13(21)20-3-15(4-20)5-24-14(22)19-15/h2H,3-5H2,1H3,(H,19,22). The molecule has 6 nitrogen and oxygen atoms in total. The molecule has 3 heterocycles. The molecule has 2 aliphatic rings. The number of carbonyl (C=O) groups is 2. The van der Waals surface area contributed by atoms with Crippen LogP contribution in [0, 0.1) is 5.82 Å². The number of hydrogen-bond donors (Lipinski definition) is 1. The first-order valence-corrected chi connectivity index (χ1v) is 8.81. The van der Waals surface area contributed by atoms with Crippen LogP contribution in [0.4, 0.5) is 9.18 Å². The topological polar surface area (TPSA) is 67.9 Å². The highest BCUT2D eigenvalue weighted by Crippen LogP contribution is 2.45. The number of carbonyl (C=O) groups excluding carboxylic acids is 2. The molecule has 2 aliphatic heterocycles. The minimum atomic E-state index is -0.604. The molecule has 0 unspecified atom stereocenters. The van der Waals surface area contributed by atoms with Crippen molar-refractivity contribution in [1.29, 1.82) is 0 Å². The zero-order chi connectivity index (χ0) is 17.9. The number of amides is 2. The maximum atomic E-state index is 14.3. The fraction of sp³-hybridized carbons (Fsp3) is 0.333. The molecule has 2 amide bonds. The summed E-state index contributed by atoms with van der Waals surface area (Å²) in [5.41, 5.74) is -0.540. The summed E-state index contributed by atoms with van der Waals surface area (Å²) in [6.07, 6.45) is -0.493. The second-order valence-electron chi connectivity index (χ2n) is 5.97. The highest BCUT2D eigenvalue weighted by atomic mass is 35.5. The van der Waals surface area contributed by atoms with Gasteiger partial charge in [0.15, 0.2) is 0 Å². The van der Waals surface area contributed by atoms with Gasteiger partial charge < -0.3 is 19.7 Å². The monoisotopic (exact) mass is 404 g/mol. The van der Waals surface area contributed by atoms with Crippen LogP contribution in [0.15, 0.2) is 6.07 Å². The zero-order valence-corrected chi connectivity index (χ0v) is 15.1. The number of nitrogens with zero attached hydrogens (tertiary/aromatic N) is 1. The van der Waals surface area contributed by atoms with Crippen LogP contribution >= 0.6 is 34.5 Å². The number of ether oxygens (including phenoxy) is 2. The van der Waals surface area contributed by atoms with Gasteiger partial charge in [0.1, 0.15) is 33.6 Å². The number of cyclic esters (lactones) is 1. The molecule has 0 bridgehead atoms. The summed E-state index contributed by atoms with van der Waals surface area (Å²) in [4.78, 5) is 25.6. The Balaban J connectivity index is 1.67. The molecule has 132 valence electrons. The summed E-state index contributed by atoms with van der Waals surface area (Å²) in [6, 6.07) is 1.14. The Bertz CT molecular complexity index is 926. The smallest absolute Gasteiger partial charge is 0.407 e. The minimum absolute atomic E-state index is 0.0275. The van der Waals surface area contributed by atoms with Gasteiger partial charge >= 0.3 is 6.09 Å². The Hall–Kier alpha value is -1.77. The average Bonchev–Trinajstić information content (AvgIpc) is 3.10. The van der Waals surface area contributed by atoms with Gasteiger partial charge in [-0.3, -0.25) is 4.79 Å². The molecule has 0 atom stereocenters. The quantitative estimate of drug-likeness (QED) is 0.833. The highest BCUT2D eigenvalue weighted by Gasteiger charge is 2.51. The Labute approximate surface area is 155 Å². The van der Waals surface area contributed by atoms with Crippen molar-refractivity contribution in [3.8, 4) is 5.75 Å². The summed E-state index contributed by atoms with van der Waals surface area (Å²) in [7, 11) is 1.38. The fourth-order valence-electron chi connectivity index (χ4n) is 3.06. The van der Waals surface area contributed by atoms with Crippen LogP contribution in [-0.2, 0) is 4.74 Å². The lowest BCUT2D eigenvalue weighted by molar-refractivity contribution is 0.0322. The maximum absolute atomic E-state index is 14.3. The molecule has 10 heteroatoms. The van der Waals surface area contributed by atoms with Gasteiger partial charge in [0, 0.05) is 24.5 Å². The minimum Gasteiger partial charge on any atom is -0.495 e. The molecule has 2 fully saturated rings. The first-order chi connectivity index (χ1) is 11.8. The molecule has 1 spiro atoms. The van der Waals surface area contributed by atoms with E-state index < -0.39 is 17.4 Å². The largest absolute Gasteiger partial charge is 0.495 e. The Morgan fingerprint density at radius 1 is 1.44 bits per heavy atom. The van der Waals surface area contributed by atoms with Crippen LogP contribution in [0.25, 0.3) is 10.1 Å². The van der Waals surface area contributed by atoms with Crippen molar-refractivity contribution in [3.05, 3.63) is 26.8 Å². The fourth-order valence-corrected chi connectivity index (χ4v) is 4.95. The summed E-state index contributed by atoms with van der Waals surface area (Å²) in [5.74, 6) is -0.766.